The monoisotopic (exact) mass is 271 g/mol. The van der Waals surface area contributed by atoms with Crippen LogP contribution in [-0.2, 0) is 6.54 Å². The lowest BCUT2D eigenvalue weighted by Crippen LogP contribution is -2.51. The maximum atomic E-state index is 6.20. The van der Waals surface area contributed by atoms with Crippen molar-refractivity contribution in [1.82, 2.24) is 4.90 Å². The van der Waals surface area contributed by atoms with Gasteiger partial charge < -0.3 is 10.6 Å². The van der Waals surface area contributed by atoms with Crippen molar-refractivity contribution in [3.05, 3.63) is 35.9 Å². The van der Waals surface area contributed by atoms with E-state index in [9.17, 15) is 0 Å². The maximum Gasteiger partial charge on any atom is 0.192 e. The van der Waals surface area contributed by atoms with Gasteiger partial charge in [0.25, 0.3) is 0 Å². The zero-order valence-electron chi connectivity index (χ0n) is 12.2. The first-order valence-corrected chi connectivity index (χ1v) is 7.92. The summed E-state index contributed by atoms with van der Waals surface area (Å²) in [4.78, 5) is 6.97. The van der Waals surface area contributed by atoms with Gasteiger partial charge in [0.05, 0.1) is 12.1 Å². The fourth-order valence-electron chi connectivity index (χ4n) is 3.65. The van der Waals surface area contributed by atoms with Crippen LogP contribution in [0.15, 0.2) is 35.3 Å². The zero-order chi connectivity index (χ0) is 13.8. The molecular weight excluding hydrogens is 246 g/mol. The predicted molar refractivity (Wildman–Crippen MR) is 83.5 cm³/mol. The minimum Gasteiger partial charge on any atom is -0.370 e. The Bertz CT molecular complexity index is 458. The molecule has 3 nitrogen and oxygen atoms in total. The van der Waals surface area contributed by atoms with Crippen molar-refractivity contribution in [2.45, 2.75) is 57.0 Å². The predicted octanol–water partition coefficient (Wildman–Crippen LogP) is 3.30. The number of hydrogen-bond acceptors (Lipinski definition) is 3. The van der Waals surface area contributed by atoms with E-state index in [2.05, 4.69) is 40.2 Å². The molecule has 0 atom stereocenters. The van der Waals surface area contributed by atoms with E-state index in [1.54, 1.807) is 0 Å². The van der Waals surface area contributed by atoms with Crippen molar-refractivity contribution in [2.24, 2.45) is 10.7 Å². The van der Waals surface area contributed by atoms with Crippen LogP contribution in [0.25, 0.3) is 0 Å². The number of hydrogen-bond donors (Lipinski definition) is 1. The van der Waals surface area contributed by atoms with Crippen molar-refractivity contribution in [1.29, 1.82) is 0 Å². The molecule has 2 aliphatic rings. The van der Waals surface area contributed by atoms with Gasteiger partial charge in [0.15, 0.2) is 5.96 Å². The second-order valence-electron chi connectivity index (χ2n) is 6.24. The highest BCUT2D eigenvalue weighted by molar-refractivity contribution is 5.81. The maximum absolute atomic E-state index is 6.20. The third-order valence-corrected chi connectivity index (χ3v) is 4.85. The quantitative estimate of drug-likeness (QED) is 0.896. The summed E-state index contributed by atoms with van der Waals surface area (Å²) in [5.41, 5.74) is 7.72. The van der Waals surface area contributed by atoms with E-state index in [1.807, 2.05) is 0 Å². The van der Waals surface area contributed by atoms with Gasteiger partial charge in [-0.15, -0.1) is 0 Å². The van der Waals surface area contributed by atoms with E-state index in [4.69, 9.17) is 5.73 Å². The van der Waals surface area contributed by atoms with Gasteiger partial charge in [0.1, 0.15) is 0 Å². The molecule has 0 bridgehead atoms. The van der Waals surface area contributed by atoms with Crippen LogP contribution in [0.4, 0.5) is 0 Å². The van der Waals surface area contributed by atoms with Crippen LogP contribution in [0, 0.1) is 0 Å². The molecule has 0 unspecified atom stereocenters. The summed E-state index contributed by atoms with van der Waals surface area (Å²) in [5, 5.41) is 0. The van der Waals surface area contributed by atoms with Crippen molar-refractivity contribution in [2.75, 3.05) is 6.54 Å². The summed E-state index contributed by atoms with van der Waals surface area (Å²) in [5.74, 6) is 0.745. The first-order chi connectivity index (χ1) is 9.80. The van der Waals surface area contributed by atoms with Crippen LogP contribution in [0.2, 0.25) is 0 Å². The number of benzene rings is 1. The largest absolute Gasteiger partial charge is 0.370 e. The van der Waals surface area contributed by atoms with E-state index in [0.29, 0.717) is 0 Å². The molecule has 2 N–H and O–H groups in total. The second kappa shape index (κ2) is 5.86. The summed E-state index contributed by atoms with van der Waals surface area (Å²) in [6.07, 6.45) is 9.23. The first-order valence-electron chi connectivity index (χ1n) is 7.92. The Hall–Kier alpha value is -1.51. The normalized spacial score (nSPS) is 22.4. The van der Waals surface area contributed by atoms with Crippen LogP contribution in [0.1, 0.15) is 50.5 Å². The SMILES string of the molecule is NC1=NCC2(CCCCCCC2)N1Cc1ccccc1. The molecule has 0 amide bonds. The molecular formula is C17H25N3. The first kappa shape index (κ1) is 13.5. The van der Waals surface area contributed by atoms with Crippen LogP contribution in [-0.4, -0.2) is 22.9 Å². The van der Waals surface area contributed by atoms with Crippen molar-refractivity contribution >= 4 is 5.96 Å². The highest BCUT2D eigenvalue weighted by atomic mass is 15.4. The average Bonchev–Trinajstić information content (AvgIpc) is 2.74. The molecule has 20 heavy (non-hydrogen) atoms. The molecule has 1 fully saturated rings. The fraction of sp³-hybridized carbons (Fsp3) is 0.588. The summed E-state index contributed by atoms with van der Waals surface area (Å²) >= 11 is 0. The van der Waals surface area contributed by atoms with Crippen molar-refractivity contribution < 1.29 is 0 Å². The molecule has 0 saturated heterocycles. The Morgan fingerprint density at radius 2 is 1.65 bits per heavy atom. The van der Waals surface area contributed by atoms with Crippen LogP contribution < -0.4 is 5.73 Å². The van der Waals surface area contributed by atoms with Gasteiger partial charge in [0.2, 0.25) is 0 Å². The second-order valence-corrected chi connectivity index (χ2v) is 6.24. The lowest BCUT2D eigenvalue weighted by Gasteiger charge is -2.40. The topological polar surface area (TPSA) is 41.6 Å². The van der Waals surface area contributed by atoms with Gasteiger partial charge in [-0.05, 0) is 18.4 Å². The minimum absolute atomic E-state index is 0.195. The Kier molecular flexibility index (Phi) is 3.95. The number of nitrogens with zero attached hydrogens (tertiary/aromatic N) is 2. The molecule has 3 rings (SSSR count). The average molecular weight is 271 g/mol. The molecule has 1 saturated carbocycles. The fourth-order valence-corrected chi connectivity index (χ4v) is 3.65. The standard InChI is InChI=1S/C17H25N3/c18-16-19-14-17(11-7-2-1-3-8-12-17)20(16)13-15-9-5-4-6-10-15/h4-6,9-10H,1-3,7-8,11-14H2,(H2,18,19). The highest BCUT2D eigenvalue weighted by Crippen LogP contribution is 2.36. The van der Waals surface area contributed by atoms with E-state index < -0.39 is 0 Å². The molecule has 1 aliphatic heterocycles. The zero-order valence-corrected chi connectivity index (χ0v) is 12.2. The van der Waals surface area contributed by atoms with E-state index in [1.165, 1.54) is 50.5 Å². The van der Waals surface area contributed by atoms with Gasteiger partial charge in [-0.2, -0.15) is 0 Å². The van der Waals surface area contributed by atoms with E-state index in [0.717, 1.165) is 19.0 Å². The highest BCUT2D eigenvalue weighted by Gasteiger charge is 2.41. The van der Waals surface area contributed by atoms with Gasteiger partial charge in [0, 0.05) is 6.54 Å². The van der Waals surface area contributed by atoms with Gasteiger partial charge >= 0.3 is 0 Å². The lowest BCUT2D eigenvalue weighted by atomic mass is 9.83. The minimum atomic E-state index is 0.195. The van der Waals surface area contributed by atoms with Gasteiger partial charge in [-0.1, -0.05) is 62.4 Å². The molecule has 1 spiro atoms. The lowest BCUT2D eigenvalue weighted by molar-refractivity contribution is 0.149. The van der Waals surface area contributed by atoms with E-state index >= 15 is 0 Å². The van der Waals surface area contributed by atoms with Crippen molar-refractivity contribution in [3.63, 3.8) is 0 Å². The molecule has 1 heterocycles. The smallest absolute Gasteiger partial charge is 0.192 e. The number of nitrogens with two attached hydrogens (primary N) is 1. The number of guanidine groups is 1. The molecule has 0 aromatic heterocycles. The summed E-state index contributed by atoms with van der Waals surface area (Å²) in [7, 11) is 0. The molecule has 0 radical (unpaired) electrons. The van der Waals surface area contributed by atoms with Crippen LogP contribution in [0.5, 0.6) is 0 Å². The van der Waals surface area contributed by atoms with E-state index in [-0.39, 0.29) is 5.54 Å². The number of aliphatic imine (C=N–C) groups is 1. The van der Waals surface area contributed by atoms with Crippen LogP contribution in [0.3, 0.4) is 0 Å². The molecule has 108 valence electrons. The Morgan fingerprint density at radius 1 is 1.00 bits per heavy atom. The molecule has 1 aliphatic carbocycles. The van der Waals surface area contributed by atoms with Gasteiger partial charge in [-0.3, -0.25) is 4.99 Å². The Balaban J connectivity index is 1.79. The Morgan fingerprint density at radius 3 is 2.35 bits per heavy atom. The molecule has 3 heteroatoms. The molecule has 1 aromatic carbocycles. The third-order valence-electron chi connectivity index (χ3n) is 4.85. The van der Waals surface area contributed by atoms with Gasteiger partial charge in [-0.25, -0.2) is 0 Å². The Labute approximate surface area is 121 Å². The number of rotatable bonds is 2. The summed E-state index contributed by atoms with van der Waals surface area (Å²) in [6.45, 7) is 1.79. The van der Waals surface area contributed by atoms with Crippen LogP contribution >= 0.6 is 0 Å². The molecule has 1 aromatic rings. The summed E-state index contributed by atoms with van der Waals surface area (Å²) in [6, 6.07) is 10.6. The summed E-state index contributed by atoms with van der Waals surface area (Å²) < 4.78 is 0. The third kappa shape index (κ3) is 2.67. The van der Waals surface area contributed by atoms with Crippen molar-refractivity contribution in [3.8, 4) is 0 Å².